The van der Waals surface area contributed by atoms with Crippen LogP contribution in [0, 0.1) is 6.92 Å². The molecule has 0 saturated heterocycles. The van der Waals surface area contributed by atoms with Crippen molar-refractivity contribution in [2.24, 2.45) is 0 Å². The Bertz CT molecular complexity index is 496. The Morgan fingerprint density at radius 3 is 2.47 bits per heavy atom. The third-order valence-corrected chi connectivity index (χ3v) is 2.57. The van der Waals surface area contributed by atoms with Crippen molar-refractivity contribution < 1.29 is 0 Å². The van der Waals surface area contributed by atoms with Crippen molar-refractivity contribution >= 4 is 17.3 Å². The summed E-state index contributed by atoms with van der Waals surface area (Å²) in [5.74, 6) is 2.47. The smallest absolute Gasteiger partial charge is 0.138 e. The highest BCUT2D eigenvalue weighted by Crippen LogP contribution is 2.22. The van der Waals surface area contributed by atoms with Crippen molar-refractivity contribution in [1.29, 1.82) is 0 Å². The van der Waals surface area contributed by atoms with Crippen LogP contribution in [0.25, 0.3) is 0 Å². The van der Waals surface area contributed by atoms with Gasteiger partial charge in [-0.3, -0.25) is 0 Å². The van der Waals surface area contributed by atoms with Gasteiger partial charge in [0.05, 0.1) is 0 Å². The Kier molecular flexibility index (Phi) is 3.23. The summed E-state index contributed by atoms with van der Waals surface area (Å²) in [7, 11) is 3.85. The number of benzene rings is 1. The van der Waals surface area contributed by atoms with E-state index in [4.69, 9.17) is 0 Å². The van der Waals surface area contributed by atoms with Gasteiger partial charge in [0.2, 0.25) is 0 Å². The maximum Gasteiger partial charge on any atom is 0.138 e. The zero-order chi connectivity index (χ0) is 12.3. The molecule has 1 aromatic carbocycles. The van der Waals surface area contributed by atoms with Gasteiger partial charge in [0, 0.05) is 25.8 Å². The zero-order valence-electron chi connectivity index (χ0n) is 10.3. The van der Waals surface area contributed by atoms with Crippen molar-refractivity contribution in [3.63, 3.8) is 0 Å². The van der Waals surface area contributed by atoms with Crippen molar-refractivity contribution in [2.45, 2.75) is 6.92 Å². The number of nitrogens with zero attached hydrogens (tertiary/aromatic N) is 3. The summed E-state index contributed by atoms with van der Waals surface area (Å²) in [5.41, 5.74) is 1.10. The van der Waals surface area contributed by atoms with Gasteiger partial charge in [-0.2, -0.15) is 0 Å². The summed E-state index contributed by atoms with van der Waals surface area (Å²) in [6.45, 7) is 1.89. The summed E-state index contributed by atoms with van der Waals surface area (Å²) >= 11 is 0. The molecule has 17 heavy (non-hydrogen) atoms. The molecule has 0 radical (unpaired) electrons. The molecule has 88 valence electrons. The highest BCUT2D eigenvalue weighted by molar-refractivity contribution is 5.61. The lowest BCUT2D eigenvalue weighted by molar-refractivity contribution is 1.01. The van der Waals surface area contributed by atoms with Gasteiger partial charge in [-0.05, 0) is 19.1 Å². The Balaban J connectivity index is 2.37. The van der Waals surface area contributed by atoms with Crippen molar-refractivity contribution in [2.75, 3.05) is 24.3 Å². The predicted molar refractivity (Wildman–Crippen MR) is 70.8 cm³/mol. The molecule has 2 rings (SSSR count). The zero-order valence-corrected chi connectivity index (χ0v) is 10.3. The van der Waals surface area contributed by atoms with Crippen molar-refractivity contribution in [3.05, 3.63) is 42.2 Å². The van der Waals surface area contributed by atoms with Crippen LogP contribution < -0.4 is 10.2 Å². The molecule has 0 aliphatic heterocycles. The van der Waals surface area contributed by atoms with Crippen LogP contribution in [0.3, 0.4) is 0 Å². The van der Waals surface area contributed by atoms with Crippen LogP contribution in [0.4, 0.5) is 17.3 Å². The van der Waals surface area contributed by atoms with Crippen LogP contribution >= 0.6 is 0 Å². The molecule has 0 aliphatic rings. The molecule has 0 bridgehead atoms. The van der Waals surface area contributed by atoms with Crippen LogP contribution in [0.5, 0.6) is 0 Å². The molecule has 1 N–H and O–H groups in total. The number of aromatic nitrogens is 2. The minimum atomic E-state index is 0.759. The molecule has 0 saturated carbocycles. The SMILES string of the molecule is CNc1cc(N(C)c2ccccc2)nc(C)n1. The fourth-order valence-corrected chi connectivity index (χ4v) is 1.64. The number of para-hydroxylation sites is 1. The molecular weight excluding hydrogens is 212 g/mol. The van der Waals surface area contributed by atoms with Gasteiger partial charge in [-0.1, -0.05) is 18.2 Å². The first-order valence-corrected chi connectivity index (χ1v) is 5.53. The highest BCUT2D eigenvalue weighted by Gasteiger charge is 2.07. The molecule has 0 unspecified atom stereocenters. The van der Waals surface area contributed by atoms with Gasteiger partial charge in [-0.15, -0.1) is 0 Å². The van der Waals surface area contributed by atoms with E-state index in [9.17, 15) is 0 Å². The number of aryl methyl sites for hydroxylation is 1. The average molecular weight is 228 g/mol. The molecule has 4 heteroatoms. The first-order valence-electron chi connectivity index (χ1n) is 5.53. The van der Waals surface area contributed by atoms with Gasteiger partial charge in [0.25, 0.3) is 0 Å². The van der Waals surface area contributed by atoms with E-state index in [2.05, 4.69) is 27.4 Å². The summed E-state index contributed by atoms with van der Waals surface area (Å²) in [6, 6.07) is 12.1. The van der Waals surface area contributed by atoms with Crippen molar-refractivity contribution in [1.82, 2.24) is 9.97 Å². The van der Waals surface area contributed by atoms with E-state index in [0.717, 1.165) is 23.1 Å². The lowest BCUT2D eigenvalue weighted by Gasteiger charge is -2.19. The third-order valence-electron chi connectivity index (χ3n) is 2.57. The van der Waals surface area contributed by atoms with Gasteiger partial charge in [0.15, 0.2) is 0 Å². The standard InChI is InChI=1S/C13H16N4/c1-10-15-12(14-2)9-13(16-10)17(3)11-7-5-4-6-8-11/h4-9H,1-3H3,(H,14,15,16). The third kappa shape index (κ3) is 2.53. The van der Waals surface area contributed by atoms with Crippen LogP contribution in [-0.2, 0) is 0 Å². The molecule has 2 aromatic rings. The molecule has 0 aliphatic carbocycles. The quantitative estimate of drug-likeness (QED) is 0.876. The number of nitrogens with one attached hydrogen (secondary N) is 1. The van der Waals surface area contributed by atoms with E-state index in [-0.39, 0.29) is 0 Å². The van der Waals surface area contributed by atoms with Gasteiger partial charge >= 0.3 is 0 Å². The topological polar surface area (TPSA) is 41.0 Å². The van der Waals surface area contributed by atoms with E-state index >= 15 is 0 Å². The summed E-state index contributed by atoms with van der Waals surface area (Å²) in [5, 5.41) is 3.04. The molecular formula is C13H16N4. The van der Waals surface area contributed by atoms with Crippen LogP contribution in [0.15, 0.2) is 36.4 Å². The number of rotatable bonds is 3. The van der Waals surface area contributed by atoms with Gasteiger partial charge in [0.1, 0.15) is 17.5 Å². The summed E-state index contributed by atoms with van der Waals surface area (Å²) in [4.78, 5) is 10.7. The summed E-state index contributed by atoms with van der Waals surface area (Å²) in [6.07, 6.45) is 0. The molecule has 1 aromatic heterocycles. The first-order chi connectivity index (χ1) is 8.20. The maximum absolute atomic E-state index is 4.43. The monoisotopic (exact) mass is 228 g/mol. The Hall–Kier alpha value is -2.10. The molecule has 0 atom stereocenters. The minimum Gasteiger partial charge on any atom is -0.373 e. The van der Waals surface area contributed by atoms with E-state index < -0.39 is 0 Å². The second-order valence-electron chi connectivity index (χ2n) is 3.80. The first kappa shape index (κ1) is 11.4. The van der Waals surface area contributed by atoms with Crippen LogP contribution in [0.2, 0.25) is 0 Å². The van der Waals surface area contributed by atoms with E-state index in [0.29, 0.717) is 0 Å². The Labute approximate surface area is 101 Å². The largest absolute Gasteiger partial charge is 0.373 e. The fraction of sp³-hybridized carbons (Fsp3) is 0.231. The maximum atomic E-state index is 4.43. The second kappa shape index (κ2) is 4.82. The number of anilines is 3. The lowest BCUT2D eigenvalue weighted by Crippen LogP contribution is -2.12. The molecule has 0 amide bonds. The second-order valence-corrected chi connectivity index (χ2v) is 3.80. The van der Waals surface area contributed by atoms with Crippen molar-refractivity contribution in [3.8, 4) is 0 Å². The lowest BCUT2D eigenvalue weighted by atomic mass is 10.3. The molecule has 4 nitrogen and oxygen atoms in total. The van der Waals surface area contributed by atoms with Crippen LogP contribution in [-0.4, -0.2) is 24.1 Å². The fourth-order valence-electron chi connectivity index (χ4n) is 1.64. The molecule has 0 spiro atoms. The Morgan fingerprint density at radius 1 is 1.12 bits per heavy atom. The van der Waals surface area contributed by atoms with Gasteiger partial charge in [-0.25, -0.2) is 9.97 Å². The summed E-state index contributed by atoms with van der Waals surface area (Å²) < 4.78 is 0. The van der Waals surface area contributed by atoms with E-state index in [1.165, 1.54) is 0 Å². The molecule has 1 heterocycles. The average Bonchev–Trinajstić information content (AvgIpc) is 2.38. The normalized spacial score (nSPS) is 10.1. The number of hydrogen-bond donors (Lipinski definition) is 1. The van der Waals surface area contributed by atoms with E-state index in [1.54, 1.807) is 0 Å². The predicted octanol–water partition coefficient (Wildman–Crippen LogP) is 2.59. The minimum absolute atomic E-state index is 0.759. The van der Waals surface area contributed by atoms with Gasteiger partial charge < -0.3 is 10.2 Å². The number of hydrogen-bond acceptors (Lipinski definition) is 4. The highest BCUT2D eigenvalue weighted by atomic mass is 15.2. The van der Waals surface area contributed by atoms with E-state index in [1.807, 2.05) is 50.2 Å². The van der Waals surface area contributed by atoms with Crippen LogP contribution in [0.1, 0.15) is 5.82 Å². The molecule has 0 fully saturated rings. The Morgan fingerprint density at radius 2 is 1.82 bits per heavy atom.